The molecule has 0 bridgehead atoms. The molecule has 2 aliphatic heterocycles. The van der Waals surface area contributed by atoms with E-state index in [1.165, 1.54) is 12.8 Å². The summed E-state index contributed by atoms with van der Waals surface area (Å²) < 4.78 is 5.08. The van der Waals surface area contributed by atoms with Crippen molar-refractivity contribution in [3.8, 4) is 0 Å². The Hall–Kier alpha value is -2.05. The maximum absolute atomic E-state index is 11.8. The summed E-state index contributed by atoms with van der Waals surface area (Å²) in [6, 6.07) is 2.10. The molecule has 25 heavy (non-hydrogen) atoms. The molecule has 1 aromatic heterocycles. The molecule has 0 saturated carbocycles. The lowest BCUT2D eigenvalue weighted by Gasteiger charge is -2.36. The van der Waals surface area contributed by atoms with Gasteiger partial charge in [-0.1, -0.05) is 6.92 Å². The predicted molar refractivity (Wildman–Crippen MR) is 98.2 cm³/mol. The van der Waals surface area contributed by atoms with Crippen LogP contribution in [0.5, 0.6) is 0 Å². The van der Waals surface area contributed by atoms with Crippen molar-refractivity contribution in [1.29, 1.82) is 0 Å². The molecule has 1 aromatic rings. The zero-order valence-electron chi connectivity index (χ0n) is 15.6. The highest BCUT2D eigenvalue weighted by atomic mass is 16.6. The summed E-state index contributed by atoms with van der Waals surface area (Å²) in [4.78, 5) is 27.5. The Balaban J connectivity index is 1.66. The van der Waals surface area contributed by atoms with E-state index in [1.807, 2.05) is 13.8 Å². The fraction of sp³-hybridized carbons (Fsp3) is 0.722. The van der Waals surface area contributed by atoms with Gasteiger partial charge in [0.1, 0.15) is 17.5 Å². The van der Waals surface area contributed by atoms with Crippen LogP contribution in [0.3, 0.4) is 0 Å². The second kappa shape index (κ2) is 7.89. The summed E-state index contributed by atoms with van der Waals surface area (Å²) in [6.45, 7) is 11.5. The third-order valence-electron chi connectivity index (χ3n) is 5.05. The smallest absolute Gasteiger partial charge is 0.409 e. The van der Waals surface area contributed by atoms with E-state index in [0.29, 0.717) is 19.7 Å². The first-order valence-corrected chi connectivity index (χ1v) is 9.34. The first kappa shape index (κ1) is 17.8. The number of aryl methyl sites for hydroxylation is 1. The number of hydrogen-bond acceptors (Lipinski definition) is 6. The minimum absolute atomic E-state index is 0.218. The molecular formula is C18H29N5O2. The number of carbonyl (C=O) groups excluding carboxylic acids is 1. The van der Waals surface area contributed by atoms with E-state index >= 15 is 0 Å². The van der Waals surface area contributed by atoms with E-state index in [-0.39, 0.29) is 6.09 Å². The second-order valence-corrected chi connectivity index (χ2v) is 6.97. The molecule has 0 aromatic carbocycles. The summed E-state index contributed by atoms with van der Waals surface area (Å²) in [6.07, 6.45) is 2.22. The maximum Gasteiger partial charge on any atom is 0.409 e. The van der Waals surface area contributed by atoms with Crippen LogP contribution in [0, 0.1) is 12.8 Å². The van der Waals surface area contributed by atoms with Gasteiger partial charge < -0.3 is 19.4 Å². The number of piperazine rings is 1. The minimum Gasteiger partial charge on any atom is -0.450 e. The molecule has 3 rings (SSSR count). The number of rotatable bonds is 3. The van der Waals surface area contributed by atoms with Gasteiger partial charge in [-0.2, -0.15) is 0 Å². The Labute approximate surface area is 150 Å². The fourth-order valence-electron chi connectivity index (χ4n) is 3.43. The summed E-state index contributed by atoms with van der Waals surface area (Å²) in [7, 11) is 0. The van der Waals surface area contributed by atoms with Gasteiger partial charge in [0.25, 0.3) is 0 Å². The van der Waals surface area contributed by atoms with Crippen molar-refractivity contribution in [2.45, 2.75) is 33.6 Å². The SMILES string of the molecule is CCOC(=O)N1CCN(c2cc(N3CCC(C)CC3)nc(C)n2)CC1. The van der Waals surface area contributed by atoms with Crippen molar-refractivity contribution in [1.82, 2.24) is 14.9 Å². The lowest BCUT2D eigenvalue weighted by atomic mass is 9.99. The monoisotopic (exact) mass is 347 g/mol. The summed E-state index contributed by atoms with van der Waals surface area (Å²) in [5.41, 5.74) is 0. The van der Waals surface area contributed by atoms with Crippen molar-refractivity contribution in [3.63, 3.8) is 0 Å². The number of piperidine rings is 1. The normalized spacial score (nSPS) is 19.2. The average Bonchev–Trinajstić information content (AvgIpc) is 2.62. The van der Waals surface area contributed by atoms with Crippen LogP contribution in [-0.4, -0.2) is 66.8 Å². The maximum atomic E-state index is 11.8. The van der Waals surface area contributed by atoms with Crippen LogP contribution >= 0.6 is 0 Å². The number of nitrogens with zero attached hydrogens (tertiary/aromatic N) is 5. The van der Waals surface area contributed by atoms with Gasteiger partial charge in [0.15, 0.2) is 0 Å². The predicted octanol–water partition coefficient (Wildman–Crippen LogP) is 2.30. The lowest BCUT2D eigenvalue weighted by molar-refractivity contribution is 0.105. The van der Waals surface area contributed by atoms with Crippen molar-refractivity contribution >= 4 is 17.7 Å². The Morgan fingerprint density at radius 2 is 1.64 bits per heavy atom. The Kier molecular flexibility index (Phi) is 5.60. The highest BCUT2D eigenvalue weighted by Crippen LogP contribution is 2.25. The van der Waals surface area contributed by atoms with Gasteiger partial charge in [-0.3, -0.25) is 0 Å². The molecule has 0 aliphatic carbocycles. The molecule has 0 radical (unpaired) electrons. The molecule has 2 saturated heterocycles. The van der Waals surface area contributed by atoms with Gasteiger partial charge in [0.2, 0.25) is 0 Å². The fourth-order valence-corrected chi connectivity index (χ4v) is 3.43. The van der Waals surface area contributed by atoms with E-state index in [4.69, 9.17) is 4.74 Å². The van der Waals surface area contributed by atoms with Crippen LogP contribution in [0.4, 0.5) is 16.4 Å². The van der Waals surface area contributed by atoms with Gasteiger partial charge in [0, 0.05) is 45.3 Å². The van der Waals surface area contributed by atoms with Gasteiger partial charge in [0.05, 0.1) is 6.61 Å². The molecule has 0 spiro atoms. The lowest BCUT2D eigenvalue weighted by Crippen LogP contribution is -2.49. The first-order valence-electron chi connectivity index (χ1n) is 9.34. The zero-order chi connectivity index (χ0) is 17.8. The third-order valence-corrected chi connectivity index (χ3v) is 5.05. The third kappa shape index (κ3) is 4.32. The van der Waals surface area contributed by atoms with Crippen LogP contribution in [0.15, 0.2) is 6.07 Å². The zero-order valence-corrected chi connectivity index (χ0v) is 15.6. The quantitative estimate of drug-likeness (QED) is 0.836. The van der Waals surface area contributed by atoms with Crippen molar-refractivity contribution in [2.75, 3.05) is 55.7 Å². The van der Waals surface area contributed by atoms with Crippen LogP contribution in [0.2, 0.25) is 0 Å². The summed E-state index contributed by atoms with van der Waals surface area (Å²) in [5, 5.41) is 0. The van der Waals surface area contributed by atoms with E-state index in [0.717, 1.165) is 49.6 Å². The van der Waals surface area contributed by atoms with Crippen molar-refractivity contribution < 1.29 is 9.53 Å². The Bertz CT molecular complexity index is 593. The number of amides is 1. The van der Waals surface area contributed by atoms with E-state index < -0.39 is 0 Å². The van der Waals surface area contributed by atoms with E-state index in [9.17, 15) is 4.79 Å². The molecule has 0 unspecified atom stereocenters. The van der Waals surface area contributed by atoms with Crippen molar-refractivity contribution in [2.24, 2.45) is 5.92 Å². The van der Waals surface area contributed by atoms with Gasteiger partial charge >= 0.3 is 6.09 Å². The molecule has 3 heterocycles. The van der Waals surface area contributed by atoms with Gasteiger partial charge in [-0.15, -0.1) is 0 Å². The largest absolute Gasteiger partial charge is 0.450 e. The second-order valence-electron chi connectivity index (χ2n) is 6.97. The van der Waals surface area contributed by atoms with Gasteiger partial charge in [-0.25, -0.2) is 14.8 Å². The van der Waals surface area contributed by atoms with Crippen LogP contribution in [-0.2, 0) is 4.74 Å². The number of anilines is 2. The minimum atomic E-state index is -0.218. The molecule has 138 valence electrons. The molecule has 0 atom stereocenters. The Morgan fingerprint density at radius 1 is 1.08 bits per heavy atom. The Morgan fingerprint density at radius 3 is 2.20 bits per heavy atom. The molecule has 1 amide bonds. The topological polar surface area (TPSA) is 61.8 Å². The molecule has 0 N–H and O–H groups in total. The van der Waals surface area contributed by atoms with Crippen molar-refractivity contribution in [3.05, 3.63) is 11.9 Å². The van der Waals surface area contributed by atoms with E-state index in [1.54, 1.807) is 4.90 Å². The molecule has 7 heteroatoms. The average molecular weight is 347 g/mol. The summed E-state index contributed by atoms with van der Waals surface area (Å²) in [5.74, 6) is 3.60. The molecule has 2 aliphatic rings. The molecule has 7 nitrogen and oxygen atoms in total. The number of hydrogen-bond donors (Lipinski definition) is 0. The van der Waals surface area contributed by atoms with Gasteiger partial charge in [-0.05, 0) is 32.6 Å². The highest BCUT2D eigenvalue weighted by molar-refractivity contribution is 5.68. The standard InChI is InChI=1S/C18H29N5O2/c1-4-25-18(24)23-11-9-22(10-12-23)17-13-16(19-15(3)20-17)21-7-5-14(2)6-8-21/h13-14H,4-12H2,1-3H3. The molecule has 2 fully saturated rings. The van der Waals surface area contributed by atoms with E-state index in [2.05, 4.69) is 32.8 Å². The molecular weight excluding hydrogens is 318 g/mol. The summed E-state index contributed by atoms with van der Waals surface area (Å²) >= 11 is 0. The van der Waals surface area contributed by atoms with Crippen LogP contribution < -0.4 is 9.80 Å². The number of carbonyl (C=O) groups is 1. The number of aromatic nitrogens is 2. The highest BCUT2D eigenvalue weighted by Gasteiger charge is 2.24. The van der Waals surface area contributed by atoms with Crippen LogP contribution in [0.25, 0.3) is 0 Å². The first-order chi connectivity index (χ1) is 12.1. The number of ether oxygens (including phenoxy) is 1. The van der Waals surface area contributed by atoms with Crippen LogP contribution in [0.1, 0.15) is 32.5 Å².